The molecule has 0 radical (unpaired) electrons. The number of aromatic carboxylic acids is 1. The summed E-state index contributed by atoms with van der Waals surface area (Å²) >= 11 is 0. The van der Waals surface area contributed by atoms with Gasteiger partial charge in [0.2, 0.25) is 0 Å². The topological polar surface area (TPSA) is 97.2 Å². The minimum Gasteiger partial charge on any atom is -0.476 e. The van der Waals surface area contributed by atoms with E-state index < -0.39 is 15.0 Å². The Morgan fingerprint density at radius 1 is 1.29 bits per heavy atom. The number of hydrogen-bond acceptors (Lipinski definition) is 5. The van der Waals surface area contributed by atoms with Crippen LogP contribution >= 0.6 is 10.7 Å². The van der Waals surface area contributed by atoms with Gasteiger partial charge in [-0.05, 0) is 18.2 Å². The zero-order valence-electron chi connectivity index (χ0n) is 8.16. The predicted octanol–water partition coefficient (Wildman–Crippen LogP) is 1.26. The molecule has 6 nitrogen and oxygen atoms in total. The summed E-state index contributed by atoms with van der Waals surface area (Å²) in [4.78, 5) is 18.1. The maximum absolute atomic E-state index is 11.1. The molecule has 1 N–H and O–H groups in total. The molecular formula is C9H5ClN2O4S. The molecule has 0 aliphatic heterocycles. The fourth-order valence-electron chi connectivity index (χ4n) is 1.25. The van der Waals surface area contributed by atoms with E-state index in [0.717, 1.165) is 6.20 Å². The van der Waals surface area contributed by atoms with Crippen LogP contribution in [0, 0.1) is 0 Å². The Morgan fingerprint density at radius 3 is 2.59 bits per heavy atom. The summed E-state index contributed by atoms with van der Waals surface area (Å²) in [5.41, 5.74) is 0.285. The molecule has 0 unspecified atom stereocenters. The largest absolute Gasteiger partial charge is 0.476 e. The summed E-state index contributed by atoms with van der Waals surface area (Å²) in [6, 6.07) is 3.86. The molecule has 17 heavy (non-hydrogen) atoms. The first kappa shape index (κ1) is 11.7. The number of carboxylic acids is 1. The maximum Gasteiger partial charge on any atom is 0.356 e. The Bertz CT molecular complexity index is 714. The van der Waals surface area contributed by atoms with E-state index in [1.54, 1.807) is 0 Å². The average Bonchev–Trinajstić information content (AvgIpc) is 2.26. The number of carbonyl (C=O) groups is 1. The first-order chi connectivity index (χ1) is 7.88. The van der Waals surface area contributed by atoms with E-state index in [1.807, 2.05) is 0 Å². The predicted molar refractivity (Wildman–Crippen MR) is 59.5 cm³/mol. The normalized spacial score (nSPS) is 11.6. The quantitative estimate of drug-likeness (QED) is 0.827. The zero-order chi connectivity index (χ0) is 12.6. The maximum atomic E-state index is 11.1. The molecule has 1 aromatic carbocycles. The summed E-state index contributed by atoms with van der Waals surface area (Å²) < 4.78 is 22.2. The molecule has 0 amide bonds. The smallest absolute Gasteiger partial charge is 0.356 e. The van der Waals surface area contributed by atoms with Crippen molar-refractivity contribution in [1.82, 2.24) is 9.97 Å². The molecule has 0 aliphatic rings. The van der Waals surface area contributed by atoms with Crippen molar-refractivity contribution in [1.29, 1.82) is 0 Å². The van der Waals surface area contributed by atoms with Gasteiger partial charge >= 0.3 is 5.97 Å². The number of hydrogen-bond donors (Lipinski definition) is 1. The first-order valence-corrected chi connectivity index (χ1v) is 6.63. The number of rotatable bonds is 2. The highest BCUT2D eigenvalue weighted by atomic mass is 35.7. The number of nitrogens with zero attached hydrogens (tertiary/aromatic N) is 2. The Hall–Kier alpha value is -1.73. The van der Waals surface area contributed by atoms with Gasteiger partial charge in [-0.2, -0.15) is 0 Å². The van der Waals surface area contributed by atoms with E-state index >= 15 is 0 Å². The molecule has 0 saturated heterocycles. The lowest BCUT2D eigenvalue weighted by Gasteiger charge is -2.00. The van der Waals surface area contributed by atoms with Crippen molar-refractivity contribution in [2.24, 2.45) is 0 Å². The van der Waals surface area contributed by atoms with Crippen LogP contribution in [0.3, 0.4) is 0 Å². The van der Waals surface area contributed by atoms with Crippen LogP contribution in [-0.2, 0) is 9.05 Å². The number of halogens is 1. The molecule has 2 rings (SSSR count). The van der Waals surface area contributed by atoms with Gasteiger partial charge in [-0.15, -0.1) is 0 Å². The van der Waals surface area contributed by atoms with Crippen LogP contribution in [0.5, 0.6) is 0 Å². The fourth-order valence-corrected chi connectivity index (χ4v) is 2.02. The third-order valence-corrected chi connectivity index (χ3v) is 3.37. The van der Waals surface area contributed by atoms with Crippen LogP contribution < -0.4 is 0 Å². The van der Waals surface area contributed by atoms with Crippen molar-refractivity contribution >= 4 is 36.7 Å². The molecule has 0 spiro atoms. The van der Waals surface area contributed by atoms with Gasteiger partial charge in [-0.3, -0.25) is 4.98 Å². The Balaban J connectivity index is 2.71. The minimum atomic E-state index is -3.87. The van der Waals surface area contributed by atoms with Crippen LogP contribution in [0.1, 0.15) is 10.5 Å². The van der Waals surface area contributed by atoms with Crippen LogP contribution in [0.4, 0.5) is 0 Å². The molecule has 0 bridgehead atoms. The van der Waals surface area contributed by atoms with E-state index in [9.17, 15) is 13.2 Å². The fraction of sp³-hybridized carbons (Fsp3) is 0. The van der Waals surface area contributed by atoms with Gasteiger partial charge in [0.05, 0.1) is 22.1 Å². The summed E-state index contributed by atoms with van der Waals surface area (Å²) in [6.07, 6.45) is 1.10. The Labute approximate surface area is 100 Å². The van der Waals surface area contributed by atoms with Crippen molar-refractivity contribution in [3.63, 3.8) is 0 Å². The van der Waals surface area contributed by atoms with Gasteiger partial charge in [0.25, 0.3) is 9.05 Å². The molecule has 88 valence electrons. The third kappa shape index (κ3) is 2.34. The van der Waals surface area contributed by atoms with Crippen molar-refractivity contribution in [3.8, 4) is 0 Å². The molecule has 0 saturated carbocycles. The Morgan fingerprint density at radius 2 is 2.00 bits per heavy atom. The molecular weight excluding hydrogens is 268 g/mol. The Kier molecular flexibility index (Phi) is 2.72. The van der Waals surface area contributed by atoms with Gasteiger partial charge in [0.1, 0.15) is 0 Å². The van der Waals surface area contributed by atoms with Crippen LogP contribution in [0.2, 0.25) is 0 Å². The molecule has 2 aromatic rings. The van der Waals surface area contributed by atoms with Gasteiger partial charge < -0.3 is 5.11 Å². The van der Waals surface area contributed by atoms with E-state index in [4.69, 9.17) is 15.8 Å². The van der Waals surface area contributed by atoms with Crippen LogP contribution in [0.25, 0.3) is 11.0 Å². The third-order valence-electron chi connectivity index (χ3n) is 2.01. The van der Waals surface area contributed by atoms with E-state index in [2.05, 4.69) is 9.97 Å². The molecule has 0 atom stereocenters. The van der Waals surface area contributed by atoms with Crippen molar-refractivity contribution in [2.75, 3.05) is 0 Å². The van der Waals surface area contributed by atoms with E-state index in [0.29, 0.717) is 5.52 Å². The highest BCUT2D eigenvalue weighted by Gasteiger charge is 2.12. The first-order valence-electron chi connectivity index (χ1n) is 4.33. The molecule has 1 aromatic heterocycles. The standard InChI is InChI=1S/C9H5ClN2O4S/c10-17(15,16)5-1-2-6-7(3-5)12-8(4-11-6)9(13)14/h1-4H,(H,13,14). The summed E-state index contributed by atoms with van der Waals surface area (Å²) in [7, 11) is 1.30. The van der Waals surface area contributed by atoms with E-state index in [-0.39, 0.29) is 16.1 Å². The van der Waals surface area contributed by atoms with Gasteiger partial charge in [0.15, 0.2) is 5.69 Å². The van der Waals surface area contributed by atoms with Crippen LogP contribution in [-0.4, -0.2) is 29.5 Å². The van der Waals surface area contributed by atoms with Gasteiger partial charge in [-0.25, -0.2) is 18.2 Å². The number of fused-ring (bicyclic) bond motifs is 1. The lowest BCUT2D eigenvalue weighted by Crippen LogP contribution is -2.02. The summed E-state index contributed by atoms with van der Waals surface area (Å²) in [5.74, 6) is -1.24. The van der Waals surface area contributed by atoms with Gasteiger partial charge in [0, 0.05) is 10.7 Å². The lowest BCUT2D eigenvalue weighted by molar-refractivity contribution is 0.0690. The molecule has 1 heterocycles. The zero-order valence-corrected chi connectivity index (χ0v) is 9.73. The van der Waals surface area contributed by atoms with Crippen molar-refractivity contribution in [2.45, 2.75) is 4.90 Å². The second kappa shape index (κ2) is 3.94. The number of benzene rings is 1. The lowest BCUT2D eigenvalue weighted by atomic mass is 10.3. The number of aromatic nitrogens is 2. The summed E-state index contributed by atoms with van der Waals surface area (Å²) in [5, 5.41) is 8.73. The van der Waals surface area contributed by atoms with E-state index in [1.165, 1.54) is 18.2 Å². The van der Waals surface area contributed by atoms with Crippen molar-refractivity contribution < 1.29 is 18.3 Å². The average molecular weight is 273 g/mol. The second-order valence-electron chi connectivity index (χ2n) is 3.15. The summed E-state index contributed by atoms with van der Waals surface area (Å²) in [6.45, 7) is 0. The van der Waals surface area contributed by atoms with Gasteiger partial charge in [-0.1, -0.05) is 0 Å². The van der Waals surface area contributed by atoms with Crippen LogP contribution in [0.15, 0.2) is 29.3 Å². The highest BCUT2D eigenvalue weighted by Crippen LogP contribution is 2.19. The minimum absolute atomic E-state index is 0.150. The monoisotopic (exact) mass is 272 g/mol. The molecule has 0 aliphatic carbocycles. The molecule has 8 heteroatoms. The van der Waals surface area contributed by atoms with Crippen molar-refractivity contribution in [3.05, 3.63) is 30.1 Å². The highest BCUT2D eigenvalue weighted by molar-refractivity contribution is 8.13. The second-order valence-corrected chi connectivity index (χ2v) is 5.71. The SMILES string of the molecule is O=C(O)c1cnc2ccc(S(=O)(=O)Cl)cc2n1. The number of carboxylic acid groups (broad SMARTS) is 1. The molecule has 0 fully saturated rings.